The third kappa shape index (κ3) is 2.93. The van der Waals surface area contributed by atoms with Gasteiger partial charge in [-0.25, -0.2) is 4.79 Å². The van der Waals surface area contributed by atoms with Crippen molar-refractivity contribution in [1.29, 1.82) is 0 Å². The zero-order valence-electron chi connectivity index (χ0n) is 22.2. The molecule has 7 heteroatoms. The van der Waals surface area contributed by atoms with Gasteiger partial charge in [0.25, 0.3) is 0 Å². The molecule has 1 amide bonds. The number of amides is 1. The number of hydrogen-bond donors (Lipinski definition) is 1. The average Bonchev–Trinajstić information content (AvgIpc) is 3.13. The Labute approximate surface area is 222 Å². The van der Waals surface area contributed by atoms with Crippen LogP contribution < -0.4 is 10.6 Å². The third-order valence-corrected chi connectivity index (χ3v) is 8.66. The number of rotatable bonds is 3. The van der Waals surface area contributed by atoms with Crippen LogP contribution in [0.15, 0.2) is 71.3 Å². The van der Waals surface area contributed by atoms with E-state index >= 15 is 0 Å². The number of carbonyl (C=O) groups is 3. The molecule has 0 saturated carbocycles. The maximum Gasteiger partial charge on any atom is 0.341 e. The van der Waals surface area contributed by atoms with Gasteiger partial charge < -0.3 is 20.1 Å². The monoisotopic (exact) mass is 512 g/mol. The van der Waals surface area contributed by atoms with Crippen molar-refractivity contribution in [3.63, 3.8) is 0 Å². The molecule has 38 heavy (non-hydrogen) atoms. The molecule has 2 unspecified atom stereocenters. The molecule has 2 atom stereocenters. The number of anilines is 1. The van der Waals surface area contributed by atoms with Crippen LogP contribution >= 0.6 is 0 Å². The van der Waals surface area contributed by atoms with E-state index in [1.54, 1.807) is 11.8 Å². The molecule has 0 fully saturated rings. The van der Waals surface area contributed by atoms with Gasteiger partial charge in [-0.2, -0.15) is 0 Å². The van der Waals surface area contributed by atoms with Crippen LogP contribution in [0, 0.1) is 0 Å². The Morgan fingerprint density at radius 1 is 1.03 bits per heavy atom. The summed E-state index contributed by atoms with van der Waals surface area (Å²) in [6.45, 7) is 8.06. The minimum absolute atomic E-state index is 0.0912. The van der Waals surface area contributed by atoms with Gasteiger partial charge in [0.05, 0.1) is 17.9 Å². The number of hydrogen-bond acceptors (Lipinski definition) is 6. The largest absolute Gasteiger partial charge is 0.462 e. The normalized spacial score (nSPS) is 27.3. The number of esters is 1. The Morgan fingerprint density at radius 3 is 2.45 bits per heavy atom. The summed E-state index contributed by atoms with van der Waals surface area (Å²) in [6.07, 6.45) is 1.98. The second kappa shape index (κ2) is 8.06. The second-order valence-electron chi connectivity index (χ2n) is 11.4. The highest BCUT2D eigenvalue weighted by Crippen LogP contribution is 2.63. The lowest BCUT2D eigenvalue weighted by atomic mass is 9.63. The lowest BCUT2D eigenvalue weighted by molar-refractivity contribution is -0.141. The molecule has 0 radical (unpaired) electrons. The molecule has 0 aromatic heterocycles. The molecule has 196 valence electrons. The molecule has 2 N–H and O–H groups in total. The Balaban J connectivity index is 1.73. The summed E-state index contributed by atoms with van der Waals surface area (Å²) in [4.78, 5) is 44.0. The fourth-order valence-corrected chi connectivity index (χ4v) is 7.37. The van der Waals surface area contributed by atoms with Crippen molar-refractivity contribution in [2.45, 2.75) is 69.7 Å². The van der Waals surface area contributed by atoms with E-state index in [4.69, 9.17) is 15.2 Å². The number of ether oxygens (including phenoxy) is 2. The van der Waals surface area contributed by atoms with Crippen LogP contribution in [0.5, 0.6) is 0 Å². The summed E-state index contributed by atoms with van der Waals surface area (Å²) in [5.41, 5.74) is 7.22. The van der Waals surface area contributed by atoms with Gasteiger partial charge in [-0.05, 0) is 44.7 Å². The summed E-state index contributed by atoms with van der Waals surface area (Å²) in [5.74, 6) is -1.09. The van der Waals surface area contributed by atoms with Crippen molar-refractivity contribution in [3.8, 4) is 0 Å². The van der Waals surface area contributed by atoms with Crippen molar-refractivity contribution >= 4 is 23.3 Å². The number of ketones is 1. The van der Waals surface area contributed by atoms with E-state index in [2.05, 4.69) is 25.1 Å². The predicted molar refractivity (Wildman–Crippen MR) is 142 cm³/mol. The fraction of sp³-hybridized carbons (Fsp3) is 0.387. The number of benzene rings is 2. The third-order valence-electron chi connectivity index (χ3n) is 8.66. The van der Waals surface area contributed by atoms with Crippen LogP contribution in [-0.4, -0.2) is 29.8 Å². The van der Waals surface area contributed by atoms with Crippen molar-refractivity contribution in [1.82, 2.24) is 0 Å². The first kappa shape index (κ1) is 24.5. The van der Waals surface area contributed by atoms with Crippen LogP contribution in [0.25, 0.3) is 0 Å². The predicted octanol–water partition coefficient (Wildman–Crippen LogP) is 4.53. The van der Waals surface area contributed by atoms with Crippen LogP contribution in [-0.2, 0) is 34.7 Å². The van der Waals surface area contributed by atoms with Crippen LogP contribution in [0.1, 0.15) is 70.1 Å². The highest BCUT2D eigenvalue weighted by Gasteiger charge is 2.67. The summed E-state index contributed by atoms with van der Waals surface area (Å²) in [6, 6.07) is 16.1. The number of allylic oxidation sites excluding steroid dienone is 1. The quantitative estimate of drug-likeness (QED) is 0.607. The molecule has 3 heterocycles. The van der Waals surface area contributed by atoms with Crippen molar-refractivity contribution in [2.24, 2.45) is 5.73 Å². The zero-order valence-corrected chi connectivity index (χ0v) is 22.2. The lowest BCUT2D eigenvalue weighted by Gasteiger charge is -2.50. The maximum atomic E-state index is 15.0. The number of nitrogens with two attached hydrogens (primary N) is 1. The van der Waals surface area contributed by atoms with Gasteiger partial charge in [0.2, 0.25) is 11.8 Å². The van der Waals surface area contributed by atoms with Gasteiger partial charge in [-0.15, -0.1) is 0 Å². The lowest BCUT2D eigenvalue weighted by Crippen LogP contribution is -2.58. The minimum atomic E-state index is -1.72. The maximum absolute atomic E-state index is 15.0. The fourth-order valence-electron chi connectivity index (χ4n) is 7.37. The van der Waals surface area contributed by atoms with Gasteiger partial charge >= 0.3 is 5.97 Å². The number of fused-ring (bicyclic) bond motifs is 2. The molecule has 4 aliphatic rings. The van der Waals surface area contributed by atoms with E-state index in [1.165, 1.54) is 0 Å². The zero-order chi connectivity index (χ0) is 27.0. The van der Waals surface area contributed by atoms with Crippen LogP contribution in [0.3, 0.4) is 0 Å². The molecule has 1 spiro atoms. The molecule has 2 aromatic rings. The number of Topliss-reactive ketones (excluding diaryl/α,β-unsaturated/α-hetero) is 1. The number of carbonyl (C=O) groups excluding carboxylic acids is 3. The van der Waals surface area contributed by atoms with Gasteiger partial charge in [-0.3, -0.25) is 9.59 Å². The Kier molecular flexibility index (Phi) is 5.19. The standard InChI is InChI=1S/C31H32N2O5/c1-5-37-27(35)24-26(32)38-22-16-10-15-21(34)23(22)31(24)20-14-9-13-19-25(20)33(28(31)36)29(2,3)17-30(19,4)18-11-7-6-8-12-18/h6-9,11-14H,5,10,15-17,32H2,1-4H3. The highest BCUT2D eigenvalue weighted by atomic mass is 16.5. The van der Waals surface area contributed by atoms with E-state index < -0.39 is 22.3 Å². The summed E-state index contributed by atoms with van der Waals surface area (Å²) >= 11 is 0. The number of nitrogens with zero attached hydrogens (tertiary/aromatic N) is 1. The molecule has 3 aliphatic heterocycles. The van der Waals surface area contributed by atoms with Gasteiger partial charge in [0.1, 0.15) is 16.7 Å². The first-order valence-electron chi connectivity index (χ1n) is 13.2. The van der Waals surface area contributed by atoms with Crippen LogP contribution in [0.2, 0.25) is 0 Å². The molecule has 1 aliphatic carbocycles. The van der Waals surface area contributed by atoms with E-state index in [9.17, 15) is 14.4 Å². The van der Waals surface area contributed by atoms with Crippen LogP contribution in [0.4, 0.5) is 5.69 Å². The topological polar surface area (TPSA) is 98.9 Å². The van der Waals surface area contributed by atoms with Gasteiger partial charge in [0.15, 0.2) is 5.78 Å². The first-order chi connectivity index (χ1) is 18.1. The molecular weight excluding hydrogens is 480 g/mol. The molecule has 7 nitrogen and oxygen atoms in total. The van der Waals surface area contributed by atoms with Gasteiger partial charge in [-0.1, -0.05) is 55.5 Å². The Morgan fingerprint density at radius 2 is 1.74 bits per heavy atom. The smallest absolute Gasteiger partial charge is 0.341 e. The minimum Gasteiger partial charge on any atom is -0.462 e. The van der Waals surface area contributed by atoms with E-state index in [0.717, 1.165) is 16.8 Å². The van der Waals surface area contributed by atoms with Crippen molar-refractivity contribution in [2.75, 3.05) is 11.5 Å². The van der Waals surface area contributed by atoms with E-state index in [1.807, 2.05) is 44.2 Å². The van der Waals surface area contributed by atoms with E-state index in [-0.39, 0.29) is 41.7 Å². The molecule has 2 aromatic carbocycles. The molecule has 0 saturated heterocycles. The first-order valence-corrected chi connectivity index (χ1v) is 13.2. The summed E-state index contributed by atoms with van der Waals surface area (Å²) in [7, 11) is 0. The van der Waals surface area contributed by atoms with Crippen molar-refractivity contribution < 1.29 is 23.9 Å². The molecule has 6 rings (SSSR count). The Bertz CT molecular complexity index is 1470. The summed E-state index contributed by atoms with van der Waals surface area (Å²) in [5, 5.41) is 0. The second-order valence-corrected chi connectivity index (χ2v) is 11.4. The Hall–Kier alpha value is -3.87. The van der Waals surface area contributed by atoms with Gasteiger partial charge in [0, 0.05) is 29.4 Å². The molecular formula is C31H32N2O5. The highest BCUT2D eigenvalue weighted by molar-refractivity contribution is 6.24. The molecule has 0 bridgehead atoms. The number of para-hydroxylation sites is 1. The summed E-state index contributed by atoms with van der Waals surface area (Å²) < 4.78 is 11.3. The SMILES string of the molecule is CCOC(=O)C1=C(N)OC2=C(C(=O)CCC2)C12C(=O)N1c3c2cccc3C(C)(c2ccccc2)CC1(C)C. The van der Waals surface area contributed by atoms with E-state index in [0.29, 0.717) is 30.6 Å². The average molecular weight is 513 g/mol. The van der Waals surface area contributed by atoms with Crippen molar-refractivity contribution in [3.05, 3.63) is 88.0 Å².